The summed E-state index contributed by atoms with van der Waals surface area (Å²) < 4.78 is 1.06. The van der Waals surface area contributed by atoms with E-state index in [0.717, 1.165) is 20.2 Å². The molecule has 2 rings (SSSR count). The van der Waals surface area contributed by atoms with E-state index >= 15 is 0 Å². The monoisotopic (exact) mass is 297 g/mol. The van der Waals surface area contributed by atoms with Gasteiger partial charge in [0.2, 0.25) is 0 Å². The Kier molecular flexibility index (Phi) is 3.58. The molecule has 5 heteroatoms. The first-order valence-corrected chi connectivity index (χ1v) is 6.45. The van der Waals surface area contributed by atoms with E-state index in [4.69, 9.17) is 5.73 Å². The van der Waals surface area contributed by atoms with E-state index in [1.165, 1.54) is 0 Å². The fourth-order valence-corrected chi connectivity index (χ4v) is 2.50. The van der Waals surface area contributed by atoms with E-state index < -0.39 is 0 Å². The van der Waals surface area contributed by atoms with Gasteiger partial charge in [0.1, 0.15) is 0 Å². The number of hydrogen-bond donors (Lipinski definition) is 1. The van der Waals surface area contributed by atoms with Gasteiger partial charge in [-0.2, -0.15) is 0 Å². The second kappa shape index (κ2) is 4.95. The van der Waals surface area contributed by atoms with Crippen molar-refractivity contribution in [1.82, 2.24) is 4.98 Å². The van der Waals surface area contributed by atoms with Gasteiger partial charge in [-0.1, -0.05) is 22.0 Å². The number of aromatic nitrogens is 1. The molecule has 0 radical (unpaired) electrons. The van der Waals surface area contributed by atoms with E-state index in [9.17, 15) is 0 Å². The van der Waals surface area contributed by atoms with Crippen molar-refractivity contribution in [2.45, 2.75) is 6.54 Å². The van der Waals surface area contributed by atoms with E-state index in [-0.39, 0.29) is 0 Å². The zero-order chi connectivity index (χ0) is 11.5. The number of nitrogens with two attached hydrogens (primary N) is 1. The molecule has 1 heterocycles. The normalized spacial score (nSPS) is 10.4. The Morgan fingerprint density at radius 2 is 2.31 bits per heavy atom. The van der Waals surface area contributed by atoms with Crippen molar-refractivity contribution in [3.05, 3.63) is 39.8 Å². The molecule has 2 aromatic rings. The van der Waals surface area contributed by atoms with Crippen LogP contribution in [0.15, 0.2) is 34.9 Å². The summed E-state index contributed by atoms with van der Waals surface area (Å²) in [6.45, 7) is 0.546. The van der Waals surface area contributed by atoms with Crippen LogP contribution in [0.25, 0.3) is 0 Å². The van der Waals surface area contributed by atoms with Gasteiger partial charge >= 0.3 is 0 Å². The Hall–Kier alpha value is -0.910. The Morgan fingerprint density at radius 1 is 1.50 bits per heavy atom. The predicted molar refractivity (Wildman–Crippen MR) is 72.2 cm³/mol. The molecule has 0 fully saturated rings. The van der Waals surface area contributed by atoms with Crippen LogP contribution < -0.4 is 10.6 Å². The molecule has 0 saturated carbocycles. The van der Waals surface area contributed by atoms with E-state index in [2.05, 4.69) is 31.9 Å². The van der Waals surface area contributed by atoms with Gasteiger partial charge in [-0.15, -0.1) is 11.3 Å². The Labute approximate surface area is 107 Å². The highest BCUT2D eigenvalue weighted by Crippen LogP contribution is 2.29. The van der Waals surface area contributed by atoms with Crippen molar-refractivity contribution < 1.29 is 0 Å². The van der Waals surface area contributed by atoms with Gasteiger partial charge in [0.25, 0.3) is 0 Å². The number of nitrogens with zero attached hydrogens (tertiary/aromatic N) is 2. The van der Waals surface area contributed by atoms with E-state index in [1.54, 1.807) is 11.3 Å². The molecule has 84 valence electrons. The zero-order valence-electron chi connectivity index (χ0n) is 8.85. The molecular formula is C11H12BrN3S. The molecule has 2 N–H and O–H groups in total. The van der Waals surface area contributed by atoms with Gasteiger partial charge in [0.15, 0.2) is 5.13 Å². The summed E-state index contributed by atoms with van der Waals surface area (Å²) in [5.41, 5.74) is 6.67. The van der Waals surface area contributed by atoms with Gasteiger partial charge in [-0.25, -0.2) is 4.98 Å². The molecule has 0 spiro atoms. The topological polar surface area (TPSA) is 42.2 Å². The SMILES string of the molecule is CN(c1cccc(Br)c1)c1ncc(CN)s1. The minimum atomic E-state index is 0.546. The van der Waals surface area contributed by atoms with Crippen LogP contribution >= 0.6 is 27.3 Å². The summed E-state index contributed by atoms with van der Waals surface area (Å²) in [5.74, 6) is 0. The maximum atomic E-state index is 5.57. The fraction of sp³-hybridized carbons (Fsp3) is 0.182. The standard InChI is InChI=1S/C11H12BrN3S/c1-15(9-4-2-3-8(12)5-9)11-14-7-10(6-13)16-11/h2-5,7H,6,13H2,1H3. The minimum absolute atomic E-state index is 0.546. The lowest BCUT2D eigenvalue weighted by molar-refractivity contribution is 1.09. The maximum Gasteiger partial charge on any atom is 0.189 e. The van der Waals surface area contributed by atoms with Crippen molar-refractivity contribution in [2.24, 2.45) is 5.73 Å². The summed E-state index contributed by atoms with van der Waals surface area (Å²) in [6, 6.07) is 8.12. The summed E-state index contributed by atoms with van der Waals surface area (Å²) in [5, 5.41) is 0.957. The largest absolute Gasteiger partial charge is 0.326 e. The zero-order valence-corrected chi connectivity index (χ0v) is 11.3. The molecule has 0 saturated heterocycles. The maximum absolute atomic E-state index is 5.57. The Bertz CT molecular complexity index is 484. The molecule has 3 nitrogen and oxygen atoms in total. The molecule has 0 aliphatic carbocycles. The van der Waals surface area contributed by atoms with Crippen molar-refractivity contribution in [3.8, 4) is 0 Å². The quantitative estimate of drug-likeness (QED) is 0.946. The second-order valence-corrected chi connectivity index (χ2v) is 5.36. The lowest BCUT2D eigenvalue weighted by Crippen LogP contribution is -2.08. The highest BCUT2D eigenvalue weighted by Gasteiger charge is 2.08. The summed E-state index contributed by atoms with van der Waals surface area (Å²) in [6.07, 6.45) is 1.83. The first-order chi connectivity index (χ1) is 7.70. The minimum Gasteiger partial charge on any atom is -0.326 e. The first-order valence-electron chi connectivity index (χ1n) is 4.85. The van der Waals surface area contributed by atoms with Crippen LogP contribution in [0, 0.1) is 0 Å². The van der Waals surface area contributed by atoms with Crippen LogP contribution in [-0.4, -0.2) is 12.0 Å². The first kappa shape index (κ1) is 11.6. The summed E-state index contributed by atoms with van der Waals surface area (Å²) >= 11 is 5.07. The van der Waals surface area contributed by atoms with Crippen LogP contribution in [0.1, 0.15) is 4.88 Å². The van der Waals surface area contributed by atoms with Gasteiger partial charge in [-0.3, -0.25) is 0 Å². The molecule has 0 unspecified atom stereocenters. The second-order valence-electron chi connectivity index (χ2n) is 3.35. The molecule has 0 aliphatic rings. The van der Waals surface area contributed by atoms with Gasteiger partial charge in [0.05, 0.1) is 0 Å². The average molecular weight is 298 g/mol. The van der Waals surface area contributed by atoms with Gasteiger partial charge in [-0.05, 0) is 18.2 Å². The highest BCUT2D eigenvalue weighted by atomic mass is 79.9. The molecule has 1 aromatic carbocycles. The Morgan fingerprint density at radius 3 is 2.94 bits per heavy atom. The van der Waals surface area contributed by atoms with Crippen molar-refractivity contribution in [2.75, 3.05) is 11.9 Å². The number of benzene rings is 1. The van der Waals surface area contributed by atoms with E-state index in [0.29, 0.717) is 6.54 Å². The fourth-order valence-electron chi connectivity index (χ4n) is 1.34. The van der Waals surface area contributed by atoms with Crippen molar-refractivity contribution in [1.29, 1.82) is 0 Å². The lowest BCUT2D eigenvalue weighted by Gasteiger charge is -2.15. The predicted octanol–water partition coefficient (Wildman–Crippen LogP) is 3.13. The molecule has 16 heavy (non-hydrogen) atoms. The van der Waals surface area contributed by atoms with E-state index in [1.807, 2.05) is 31.4 Å². The van der Waals surface area contributed by atoms with Crippen LogP contribution in [-0.2, 0) is 6.54 Å². The van der Waals surface area contributed by atoms with Crippen molar-refractivity contribution >= 4 is 38.1 Å². The molecule has 0 aliphatic heterocycles. The summed E-state index contributed by atoms with van der Waals surface area (Å²) in [4.78, 5) is 7.49. The molecule has 0 amide bonds. The number of halogens is 1. The van der Waals surface area contributed by atoms with Crippen LogP contribution in [0.3, 0.4) is 0 Å². The smallest absolute Gasteiger partial charge is 0.189 e. The highest BCUT2D eigenvalue weighted by molar-refractivity contribution is 9.10. The molecule has 0 bridgehead atoms. The molecular weight excluding hydrogens is 286 g/mol. The molecule has 1 aromatic heterocycles. The lowest BCUT2D eigenvalue weighted by atomic mass is 10.3. The van der Waals surface area contributed by atoms with Crippen LogP contribution in [0.5, 0.6) is 0 Å². The third kappa shape index (κ3) is 2.42. The third-order valence-electron chi connectivity index (χ3n) is 2.22. The number of rotatable bonds is 3. The summed E-state index contributed by atoms with van der Waals surface area (Å²) in [7, 11) is 2.00. The molecule has 0 atom stereocenters. The van der Waals surface area contributed by atoms with Crippen molar-refractivity contribution in [3.63, 3.8) is 0 Å². The van der Waals surface area contributed by atoms with Crippen LogP contribution in [0.2, 0.25) is 0 Å². The average Bonchev–Trinajstić information content (AvgIpc) is 2.76. The number of thiazole rings is 1. The van der Waals surface area contributed by atoms with Crippen LogP contribution in [0.4, 0.5) is 10.8 Å². The van der Waals surface area contributed by atoms with Gasteiger partial charge < -0.3 is 10.6 Å². The van der Waals surface area contributed by atoms with Gasteiger partial charge in [0, 0.05) is 34.8 Å². The third-order valence-corrected chi connectivity index (χ3v) is 3.81. The Balaban J connectivity index is 2.27. The number of hydrogen-bond acceptors (Lipinski definition) is 4. The number of anilines is 2.